The maximum absolute atomic E-state index is 8.88. The van der Waals surface area contributed by atoms with E-state index in [1.165, 1.54) is 11.3 Å². The molecule has 0 fully saturated rings. The average molecular weight is 472 g/mol. The number of aliphatic hydroxyl groups is 1. The van der Waals surface area contributed by atoms with Gasteiger partial charge in [-0.2, -0.15) is 0 Å². The van der Waals surface area contributed by atoms with Gasteiger partial charge in [0.05, 0.1) is 17.7 Å². The van der Waals surface area contributed by atoms with Gasteiger partial charge in [-0.1, -0.05) is 34.5 Å². The van der Waals surface area contributed by atoms with Gasteiger partial charge in [-0.3, -0.25) is 0 Å². The first kappa shape index (κ1) is 22.2. The molecule has 1 aromatic carbocycles. The Morgan fingerprint density at radius 3 is 2.59 bits per heavy atom. The minimum absolute atomic E-state index is 0.0159. The van der Waals surface area contributed by atoms with Crippen molar-refractivity contribution in [1.82, 2.24) is 15.2 Å². The fourth-order valence-electron chi connectivity index (χ4n) is 2.41. The molecule has 2 heterocycles. The SMILES string of the molecule is CC(C)Oc1ncc(-c2nnc(-c3cc(P)c(OCCCO)cc3Cl)s2)cc1Cl. The van der Waals surface area contributed by atoms with Gasteiger partial charge >= 0.3 is 0 Å². The highest BCUT2D eigenvalue weighted by Crippen LogP contribution is 2.36. The molecule has 0 saturated heterocycles. The molecule has 1 N–H and O–H groups in total. The molecule has 0 saturated carbocycles. The summed E-state index contributed by atoms with van der Waals surface area (Å²) in [5, 5.41) is 20.5. The Labute approximate surface area is 185 Å². The number of hydrogen-bond donors (Lipinski definition) is 1. The van der Waals surface area contributed by atoms with E-state index in [2.05, 4.69) is 24.4 Å². The molecule has 6 nitrogen and oxygen atoms in total. The van der Waals surface area contributed by atoms with Crippen LogP contribution in [-0.2, 0) is 0 Å². The van der Waals surface area contributed by atoms with Gasteiger partial charge in [0.2, 0.25) is 5.88 Å². The predicted molar refractivity (Wildman–Crippen MR) is 121 cm³/mol. The van der Waals surface area contributed by atoms with Crippen molar-refractivity contribution in [3.63, 3.8) is 0 Å². The van der Waals surface area contributed by atoms with E-state index in [-0.39, 0.29) is 12.7 Å². The lowest BCUT2D eigenvalue weighted by molar-refractivity contribution is 0.233. The van der Waals surface area contributed by atoms with Crippen molar-refractivity contribution in [2.24, 2.45) is 0 Å². The number of nitrogens with zero attached hydrogens (tertiary/aromatic N) is 3. The van der Waals surface area contributed by atoms with Crippen LogP contribution in [0, 0.1) is 0 Å². The van der Waals surface area contributed by atoms with E-state index >= 15 is 0 Å². The summed E-state index contributed by atoms with van der Waals surface area (Å²) in [6.45, 7) is 4.32. The van der Waals surface area contributed by atoms with Gasteiger partial charge in [-0.15, -0.1) is 19.4 Å². The molecule has 0 aliphatic rings. The van der Waals surface area contributed by atoms with E-state index < -0.39 is 0 Å². The number of ether oxygens (including phenoxy) is 2. The normalized spacial score (nSPS) is 11.1. The van der Waals surface area contributed by atoms with E-state index in [0.717, 1.165) is 16.4 Å². The second kappa shape index (κ2) is 10.0. The molecular weight excluding hydrogens is 452 g/mol. The summed E-state index contributed by atoms with van der Waals surface area (Å²) in [5.74, 6) is 1.04. The molecule has 1 unspecified atom stereocenters. The maximum Gasteiger partial charge on any atom is 0.232 e. The zero-order chi connectivity index (χ0) is 21.0. The van der Waals surface area contributed by atoms with Gasteiger partial charge in [0.1, 0.15) is 20.8 Å². The number of halogens is 2. The molecular formula is C19H20Cl2N3O3PS. The monoisotopic (exact) mass is 471 g/mol. The third kappa shape index (κ3) is 5.56. The molecule has 0 amide bonds. The van der Waals surface area contributed by atoms with E-state index in [4.69, 9.17) is 37.8 Å². The fourth-order valence-corrected chi connectivity index (χ4v) is 4.11. The molecule has 3 aromatic rings. The number of benzene rings is 1. The topological polar surface area (TPSA) is 77.4 Å². The second-order valence-corrected chi connectivity index (χ2v) is 8.80. The number of pyridine rings is 1. The highest BCUT2D eigenvalue weighted by Gasteiger charge is 2.16. The highest BCUT2D eigenvalue weighted by molar-refractivity contribution is 7.27. The van der Waals surface area contributed by atoms with Gasteiger partial charge in [0.25, 0.3) is 0 Å². The van der Waals surface area contributed by atoms with Crippen LogP contribution >= 0.6 is 43.8 Å². The molecule has 0 aliphatic heterocycles. The van der Waals surface area contributed by atoms with Crippen LogP contribution in [0.3, 0.4) is 0 Å². The van der Waals surface area contributed by atoms with Gasteiger partial charge in [0, 0.05) is 41.7 Å². The zero-order valence-electron chi connectivity index (χ0n) is 15.9. The van der Waals surface area contributed by atoms with Crippen molar-refractivity contribution in [3.8, 4) is 32.8 Å². The molecule has 0 spiro atoms. The third-order valence-electron chi connectivity index (χ3n) is 3.72. The van der Waals surface area contributed by atoms with E-state index in [1.54, 1.807) is 18.3 Å². The summed E-state index contributed by atoms with van der Waals surface area (Å²) >= 11 is 14.1. The molecule has 0 radical (unpaired) electrons. The predicted octanol–water partition coefficient (Wildman–Crippen LogP) is 4.62. The van der Waals surface area contributed by atoms with Crippen molar-refractivity contribution in [2.75, 3.05) is 13.2 Å². The Kier molecular flexibility index (Phi) is 7.66. The smallest absolute Gasteiger partial charge is 0.232 e. The third-order valence-corrected chi connectivity index (χ3v) is 5.76. The van der Waals surface area contributed by atoms with Crippen LogP contribution < -0.4 is 14.8 Å². The quantitative estimate of drug-likeness (QED) is 0.381. The molecule has 154 valence electrons. The van der Waals surface area contributed by atoms with Crippen LogP contribution in [0.25, 0.3) is 21.1 Å². The molecule has 0 bridgehead atoms. The molecule has 2 aromatic heterocycles. The van der Waals surface area contributed by atoms with E-state index in [0.29, 0.717) is 44.7 Å². The number of aliphatic hydroxyl groups excluding tert-OH is 1. The first-order valence-electron chi connectivity index (χ1n) is 8.88. The van der Waals surface area contributed by atoms with Crippen LogP contribution in [0.4, 0.5) is 0 Å². The first-order chi connectivity index (χ1) is 13.9. The van der Waals surface area contributed by atoms with Crippen LogP contribution in [0.1, 0.15) is 20.3 Å². The van der Waals surface area contributed by atoms with Crippen molar-refractivity contribution < 1.29 is 14.6 Å². The summed E-state index contributed by atoms with van der Waals surface area (Å²) in [7, 11) is 2.63. The fraction of sp³-hybridized carbons (Fsp3) is 0.316. The summed E-state index contributed by atoms with van der Waals surface area (Å²) in [5.41, 5.74) is 1.51. The average Bonchev–Trinajstić information content (AvgIpc) is 3.15. The van der Waals surface area contributed by atoms with Crippen molar-refractivity contribution >= 4 is 49.1 Å². The Balaban J connectivity index is 1.84. The number of aromatic nitrogens is 3. The van der Waals surface area contributed by atoms with Gasteiger partial charge in [0.15, 0.2) is 0 Å². The molecule has 3 rings (SSSR count). The van der Waals surface area contributed by atoms with Gasteiger partial charge in [-0.05, 0) is 26.0 Å². The Hall–Kier alpha value is -1.50. The summed E-state index contributed by atoms with van der Waals surface area (Å²) < 4.78 is 11.2. The van der Waals surface area contributed by atoms with E-state index in [9.17, 15) is 0 Å². The largest absolute Gasteiger partial charge is 0.493 e. The molecule has 29 heavy (non-hydrogen) atoms. The van der Waals surface area contributed by atoms with Crippen molar-refractivity contribution in [1.29, 1.82) is 0 Å². The maximum atomic E-state index is 8.88. The standard InChI is InChI=1S/C19H20Cl2N3O3PS/c1-10(2)27-17-14(21)6-11(9-22-17)18-23-24-19(29-18)12-7-16(28)15(8-13(12)20)26-5-3-4-25/h6-10,25H,3-5,28H2,1-2H3. The summed E-state index contributed by atoms with van der Waals surface area (Å²) in [4.78, 5) is 4.28. The lowest BCUT2D eigenvalue weighted by atomic mass is 10.2. The Morgan fingerprint density at radius 1 is 1.14 bits per heavy atom. The molecule has 0 aliphatic carbocycles. The molecule has 1 atom stereocenters. The van der Waals surface area contributed by atoms with Gasteiger partial charge < -0.3 is 14.6 Å². The first-order valence-corrected chi connectivity index (χ1v) is 11.0. The summed E-state index contributed by atoms with van der Waals surface area (Å²) in [6, 6.07) is 5.39. The number of rotatable bonds is 8. The van der Waals surface area contributed by atoms with Crippen LogP contribution in [-0.4, -0.2) is 39.6 Å². The molecule has 10 heteroatoms. The van der Waals surface area contributed by atoms with Gasteiger partial charge in [-0.25, -0.2) is 4.98 Å². The Bertz CT molecular complexity index is 1000. The minimum atomic E-state index is -0.0159. The van der Waals surface area contributed by atoms with Crippen molar-refractivity contribution in [2.45, 2.75) is 26.4 Å². The Morgan fingerprint density at radius 2 is 1.90 bits per heavy atom. The minimum Gasteiger partial charge on any atom is -0.493 e. The highest BCUT2D eigenvalue weighted by atomic mass is 35.5. The lowest BCUT2D eigenvalue weighted by Gasteiger charge is -2.11. The lowest BCUT2D eigenvalue weighted by Crippen LogP contribution is -2.07. The van der Waals surface area contributed by atoms with Crippen LogP contribution in [0.15, 0.2) is 24.4 Å². The van der Waals surface area contributed by atoms with Crippen LogP contribution in [0.5, 0.6) is 11.6 Å². The summed E-state index contributed by atoms with van der Waals surface area (Å²) in [6.07, 6.45) is 2.20. The van der Waals surface area contributed by atoms with Crippen LogP contribution in [0.2, 0.25) is 10.0 Å². The zero-order valence-corrected chi connectivity index (χ0v) is 19.3. The second-order valence-electron chi connectivity index (χ2n) is 6.39. The van der Waals surface area contributed by atoms with E-state index in [1.807, 2.05) is 19.9 Å². The number of hydrogen-bond acceptors (Lipinski definition) is 7. The van der Waals surface area contributed by atoms with Crippen molar-refractivity contribution in [3.05, 3.63) is 34.4 Å².